The smallest absolute Gasteiger partial charge is 0.236 e. The number of thiazole rings is 1. The van der Waals surface area contributed by atoms with Crippen LogP contribution in [0.1, 0.15) is 38.6 Å². The summed E-state index contributed by atoms with van der Waals surface area (Å²) in [5.74, 6) is 0.963. The number of pyridine rings is 1. The molecule has 1 aliphatic carbocycles. The number of halogens is 1. The van der Waals surface area contributed by atoms with Crippen molar-refractivity contribution in [2.45, 2.75) is 43.8 Å². The summed E-state index contributed by atoms with van der Waals surface area (Å²) in [6.45, 7) is 2.27. The Labute approximate surface area is 198 Å². The molecular weight excluding hydrogens is 459 g/mol. The Morgan fingerprint density at radius 3 is 2.97 bits per heavy atom. The zero-order chi connectivity index (χ0) is 22.8. The average molecular weight is 483 g/mol. The molecule has 7 nitrogen and oxygen atoms in total. The third-order valence-electron chi connectivity index (χ3n) is 5.91. The van der Waals surface area contributed by atoms with Gasteiger partial charge in [-0.3, -0.25) is 14.3 Å². The highest BCUT2D eigenvalue weighted by atomic mass is 32.2. The normalized spacial score (nSPS) is 18.5. The van der Waals surface area contributed by atoms with Crippen LogP contribution < -0.4 is 5.32 Å². The van der Waals surface area contributed by atoms with Crippen molar-refractivity contribution in [3.8, 4) is 11.4 Å². The van der Waals surface area contributed by atoms with E-state index in [1.165, 1.54) is 48.1 Å². The van der Waals surface area contributed by atoms with Crippen molar-refractivity contribution >= 4 is 44.4 Å². The number of hydrogen-bond acceptors (Lipinski definition) is 7. The predicted molar refractivity (Wildman–Crippen MR) is 129 cm³/mol. The van der Waals surface area contributed by atoms with Gasteiger partial charge in [-0.05, 0) is 49.1 Å². The molecule has 1 N–H and O–H groups in total. The number of rotatable bonds is 6. The van der Waals surface area contributed by atoms with Crippen LogP contribution in [0.5, 0.6) is 0 Å². The van der Waals surface area contributed by atoms with Crippen molar-refractivity contribution in [2.75, 3.05) is 11.1 Å². The Morgan fingerprint density at radius 2 is 2.15 bits per heavy atom. The summed E-state index contributed by atoms with van der Waals surface area (Å²) in [5, 5.41) is 12.9. The minimum atomic E-state index is -0.319. The van der Waals surface area contributed by atoms with Crippen LogP contribution in [0.15, 0.2) is 47.9 Å². The molecule has 0 spiro atoms. The molecule has 170 valence electrons. The molecule has 1 aromatic carbocycles. The second-order valence-electron chi connectivity index (χ2n) is 8.21. The molecule has 3 aromatic heterocycles. The lowest BCUT2D eigenvalue weighted by atomic mass is 9.85. The molecule has 0 saturated heterocycles. The first kappa shape index (κ1) is 22.0. The van der Waals surface area contributed by atoms with Gasteiger partial charge in [0.2, 0.25) is 5.91 Å². The molecule has 1 saturated carbocycles. The van der Waals surface area contributed by atoms with Gasteiger partial charge in [0, 0.05) is 24.0 Å². The molecule has 0 bridgehead atoms. The fourth-order valence-electron chi connectivity index (χ4n) is 4.28. The molecule has 5 rings (SSSR count). The molecule has 1 fully saturated rings. The van der Waals surface area contributed by atoms with E-state index < -0.39 is 0 Å². The van der Waals surface area contributed by atoms with Crippen molar-refractivity contribution in [1.29, 1.82) is 0 Å². The zero-order valence-corrected chi connectivity index (χ0v) is 19.7. The molecule has 1 amide bonds. The number of nitrogens with zero attached hydrogens (tertiary/aromatic N) is 5. The third kappa shape index (κ3) is 4.77. The van der Waals surface area contributed by atoms with E-state index in [0.29, 0.717) is 21.3 Å². The zero-order valence-electron chi connectivity index (χ0n) is 18.1. The van der Waals surface area contributed by atoms with Gasteiger partial charge in [-0.25, -0.2) is 9.37 Å². The maximum absolute atomic E-state index is 13.4. The van der Waals surface area contributed by atoms with E-state index in [4.69, 9.17) is 0 Å². The molecule has 4 aromatic rings. The summed E-state index contributed by atoms with van der Waals surface area (Å²) in [4.78, 5) is 21.3. The number of anilines is 1. The summed E-state index contributed by atoms with van der Waals surface area (Å²) in [6.07, 6.45) is 8.17. The van der Waals surface area contributed by atoms with Gasteiger partial charge in [0.15, 0.2) is 16.1 Å². The summed E-state index contributed by atoms with van der Waals surface area (Å²) in [6, 6.07) is 8.56. The number of carbonyl (C=O) groups excluding carboxylic acids is 1. The minimum absolute atomic E-state index is 0.177. The van der Waals surface area contributed by atoms with Crippen LogP contribution >= 0.6 is 23.1 Å². The molecule has 3 heterocycles. The maximum atomic E-state index is 13.4. The number of amides is 1. The number of benzene rings is 1. The maximum Gasteiger partial charge on any atom is 0.236 e. The topological polar surface area (TPSA) is 85.6 Å². The third-order valence-corrected chi connectivity index (χ3v) is 7.79. The Balaban J connectivity index is 1.35. The van der Waals surface area contributed by atoms with Crippen LogP contribution in [0.3, 0.4) is 0 Å². The fraction of sp³-hybridized carbons (Fsp3) is 0.348. The number of fused-ring (bicyclic) bond motifs is 1. The molecular formula is C23H23FN6OS2. The van der Waals surface area contributed by atoms with Gasteiger partial charge in [-0.1, -0.05) is 42.9 Å². The fourth-order valence-corrected chi connectivity index (χ4v) is 5.98. The van der Waals surface area contributed by atoms with Crippen LogP contribution in [-0.2, 0) is 4.79 Å². The number of nitrogens with one attached hydrogen (secondary N) is 1. The van der Waals surface area contributed by atoms with Gasteiger partial charge in [0.25, 0.3) is 0 Å². The SMILES string of the molecule is C[C@H]1CCCC[C@H]1n1c(SCC(=O)Nc2nc3ccc(F)cc3s2)nnc1-c1cccnc1. The van der Waals surface area contributed by atoms with E-state index in [1.54, 1.807) is 18.5 Å². The van der Waals surface area contributed by atoms with Crippen LogP contribution in [-0.4, -0.2) is 36.4 Å². The summed E-state index contributed by atoms with van der Waals surface area (Å²) < 4.78 is 16.3. The first-order valence-corrected chi connectivity index (χ1v) is 12.7. The minimum Gasteiger partial charge on any atom is -0.301 e. The highest BCUT2D eigenvalue weighted by Crippen LogP contribution is 2.39. The largest absolute Gasteiger partial charge is 0.301 e. The Bertz CT molecular complexity index is 1270. The second-order valence-corrected chi connectivity index (χ2v) is 10.2. The van der Waals surface area contributed by atoms with Crippen LogP contribution in [0, 0.1) is 11.7 Å². The van der Waals surface area contributed by atoms with Crippen molar-refractivity contribution in [2.24, 2.45) is 5.92 Å². The quantitative estimate of drug-likeness (QED) is 0.362. The van der Waals surface area contributed by atoms with Crippen LogP contribution in [0.25, 0.3) is 21.6 Å². The van der Waals surface area contributed by atoms with Gasteiger partial charge in [-0.15, -0.1) is 10.2 Å². The van der Waals surface area contributed by atoms with E-state index in [1.807, 2.05) is 12.1 Å². The predicted octanol–water partition coefficient (Wildman–Crippen LogP) is 5.57. The first-order valence-electron chi connectivity index (χ1n) is 10.9. The van der Waals surface area contributed by atoms with E-state index in [2.05, 4.69) is 37.0 Å². The molecule has 0 aliphatic heterocycles. The van der Waals surface area contributed by atoms with Gasteiger partial charge in [-0.2, -0.15) is 0 Å². The van der Waals surface area contributed by atoms with E-state index in [0.717, 1.165) is 29.4 Å². The van der Waals surface area contributed by atoms with Crippen molar-refractivity contribution in [3.05, 3.63) is 48.5 Å². The lowest BCUT2D eigenvalue weighted by molar-refractivity contribution is -0.113. The molecule has 0 radical (unpaired) electrons. The standard InChI is InChI=1S/C23H23FN6OS2/c1-14-5-2-3-7-18(14)30-21(15-6-4-10-25-12-15)28-29-23(30)32-13-20(31)27-22-26-17-9-8-16(24)11-19(17)33-22/h4,6,8-12,14,18H,2-3,5,7,13H2,1H3,(H,26,27,31)/t14-,18+/m0/s1. The van der Waals surface area contributed by atoms with Crippen LogP contribution in [0.2, 0.25) is 0 Å². The summed E-state index contributed by atoms with van der Waals surface area (Å²) in [7, 11) is 0. The number of hydrogen-bond donors (Lipinski definition) is 1. The average Bonchev–Trinajstić information content (AvgIpc) is 3.42. The van der Waals surface area contributed by atoms with Gasteiger partial charge >= 0.3 is 0 Å². The Kier molecular flexibility index (Phi) is 6.37. The molecule has 0 unspecified atom stereocenters. The second kappa shape index (κ2) is 9.56. The van der Waals surface area contributed by atoms with Crippen LogP contribution in [0.4, 0.5) is 9.52 Å². The van der Waals surface area contributed by atoms with Gasteiger partial charge < -0.3 is 5.32 Å². The number of aromatic nitrogens is 5. The van der Waals surface area contributed by atoms with E-state index >= 15 is 0 Å². The molecule has 1 aliphatic rings. The Hall–Kier alpha value is -2.85. The van der Waals surface area contributed by atoms with Crippen molar-refractivity contribution < 1.29 is 9.18 Å². The first-order chi connectivity index (χ1) is 16.1. The Morgan fingerprint density at radius 1 is 1.27 bits per heavy atom. The lowest BCUT2D eigenvalue weighted by Crippen LogP contribution is -2.23. The highest BCUT2D eigenvalue weighted by Gasteiger charge is 2.29. The molecule has 10 heteroatoms. The molecule has 2 atom stereocenters. The van der Waals surface area contributed by atoms with Crippen molar-refractivity contribution in [1.82, 2.24) is 24.7 Å². The van der Waals surface area contributed by atoms with Crippen molar-refractivity contribution in [3.63, 3.8) is 0 Å². The number of carbonyl (C=O) groups is 1. The van der Waals surface area contributed by atoms with E-state index in [9.17, 15) is 9.18 Å². The monoisotopic (exact) mass is 482 g/mol. The summed E-state index contributed by atoms with van der Waals surface area (Å²) in [5.41, 5.74) is 1.58. The van der Waals surface area contributed by atoms with Gasteiger partial charge in [0.05, 0.1) is 16.0 Å². The number of thioether (sulfide) groups is 1. The van der Waals surface area contributed by atoms with Gasteiger partial charge in [0.1, 0.15) is 5.82 Å². The van der Waals surface area contributed by atoms with E-state index in [-0.39, 0.29) is 23.5 Å². The lowest BCUT2D eigenvalue weighted by Gasteiger charge is -2.31. The summed E-state index contributed by atoms with van der Waals surface area (Å²) >= 11 is 2.63. The highest BCUT2D eigenvalue weighted by molar-refractivity contribution is 7.99. The molecule has 33 heavy (non-hydrogen) atoms.